The Balaban J connectivity index is 2.15. The third-order valence-corrected chi connectivity index (χ3v) is 3.59. The molecule has 1 aromatic rings. The van der Waals surface area contributed by atoms with Crippen molar-refractivity contribution >= 4 is 0 Å². The minimum atomic E-state index is 0.260. The Morgan fingerprint density at radius 1 is 1.33 bits per heavy atom. The Labute approximate surface area is 92.4 Å². The van der Waals surface area contributed by atoms with Crippen LogP contribution >= 0.6 is 0 Å². The van der Waals surface area contributed by atoms with E-state index in [1.807, 2.05) is 0 Å². The van der Waals surface area contributed by atoms with Gasteiger partial charge in [-0.05, 0) is 18.4 Å². The minimum absolute atomic E-state index is 0.260. The summed E-state index contributed by atoms with van der Waals surface area (Å²) in [6.07, 6.45) is 2.33. The molecule has 1 heterocycles. The molecule has 0 saturated carbocycles. The van der Waals surface area contributed by atoms with Gasteiger partial charge in [0.15, 0.2) is 0 Å². The molecule has 1 heteroatoms. The molecule has 1 fully saturated rings. The third kappa shape index (κ3) is 1.92. The molecule has 0 bridgehead atoms. The van der Waals surface area contributed by atoms with E-state index in [-0.39, 0.29) is 5.41 Å². The first-order valence-electron chi connectivity index (χ1n) is 5.56. The van der Waals surface area contributed by atoms with E-state index in [2.05, 4.69) is 55.8 Å². The van der Waals surface area contributed by atoms with Crippen molar-refractivity contribution in [2.24, 2.45) is 5.41 Å². The molecule has 1 atom stereocenters. The topological polar surface area (TPSA) is 3.24 Å². The zero-order valence-electron chi connectivity index (χ0n) is 9.66. The summed E-state index contributed by atoms with van der Waals surface area (Å²) in [4.78, 5) is 2.28. The number of benzene rings is 1. The monoisotopic (exact) mass is 201 g/mol. The molecule has 0 amide bonds. The molecule has 80 valence electrons. The van der Waals surface area contributed by atoms with E-state index in [1.54, 1.807) is 0 Å². The molecule has 0 N–H and O–H groups in total. The van der Waals surface area contributed by atoms with Crippen molar-refractivity contribution in [1.82, 2.24) is 4.90 Å². The maximum Gasteiger partial charge on any atom is 0.0180 e. The fourth-order valence-electron chi connectivity index (χ4n) is 2.39. The van der Waals surface area contributed by atoms with Crippen LogP contribution in [0.4, 0.5) is 0 Å². The van der Waals surface area contributed by atoms with Gasteiger partial charge in [0, 0.05) is 24.7 Å². The lowest BCUT2D eigenvalue weighted by atomic mass is 9.81. The van der Waals surface area contributed by atoms with Crippen molar-refractivity contribution < 1.29 is 0 Å². The summed E-state index contributed by atoms with van der Waals surface area (Å²) in [6.45, 7) is 7.68. The van der Waals surface area contributed by atoms with Gasteiger partial charge in [0.2, 0.25) is 0 Å². The first-order valence-corrected chi connectivity index (χ1v) is 5.56. The summed E-state index contributed by atoms with van der Waals surface area (Å²) < 4.78 is 0. The van der Waals surface area contributed by atoms with Gasteiger partial charge in [0.25, 0.3) is 0 Å². The highest BCUT2D eigenvalue weighted by atomic mass is 15.1. The van der Waals surface area contributed by atoms with E-state index >= 15 is 0 Å². The summed E-state index contributed by atoms with van der Waals surface area (Å²) >= 11 is 0. The summed E-state index contributed by atoms with van der Waals surface area (Å²) in [5, 5.41) is 0. The molecular formula is C14H19N. The summed E-state index contributed by atoms with van der Waals surface area (Å²) in [5.41, 5.74) is 2.96. The van der Waals surface area contributed by atoms with Gasteiger partial charge in [-0.3, -0.25) is 0 Å². The van der Waals surface area contributed by atoms with Crippen LogP contribution in [0.25, 0.3) is 0 Å². The van der Waals surface area contributed by atoms with Crippen LogP contribution in [0, 0.1) is 5.41 Å². The SMILES string of the molecule is C=C1N(C)CCC1(C)Cc1ccccc1. The molecule has 0 radical (unpaired) electrons. The Hall–Kier alpha value is -1.24. The second-order valence-electron chi connectivity index (χ2n) is 4.84. The number of rotatable bonds is 2. The Kier molecular flexibility index (Phi) is 2.56. The summed E-state index contributed by atoms with van der Waals surface area (Å²) in [6, 6.07) is 10.7. The van der Waals surface area contributed by atoms with Crippen molar-refractivity contribution in [2.45, 2.75) is 19.8 Å². The van der Waals surface area contributed by atoms with Crippen LogP contribution in [-0.4, -0.2) is 18.5 Å². The van der Waals surface area contributed by atoms with Gasteiger partial charge in [0.1, 0.15) is 0 Å². The molecule has 0 spiro atoms. The van der Waals surface area contributed by atoms with Gasteiger partial charge < -0.3 is 4.90 Å². The predicted molar refractivity (Wildman–Crippen MR) is 64.6 cm³/mol. The van der Waals surface area contributed by atoms with E-state index in [0.29, 0.717) is 0 Å². The van der Waals surface area contributed by atoms with Crippen LogP contribution in [0.2, 0.25) is 0 Å². The van der Waals surface area contributed by atoms with Crippen LogP contribution in [-0.2, 0) is 6.42 Å². The van der Waals surface area contributed by atoms with E-state index in [1.165, 1.54) is 17.7 Å². The Bertz CT molecular complexity index is 355. The molecule has 1 unspecified atom stereocenters. The van der Waals surface area contributed by atoms with Crippen molar-refractivity contribution in [3.63, 3.8) is 0 Å². The molecule has 1 aromatic carbocycles. The average molecular weight is 201 g/mol. The quantitative estimate of drug-likeness (QED) is 0.710. The van der Waals surface area contributed by atoms with Crippen molar-refractivity contribution in [1.29, 1.82) is 0 Å². The standard InChI is InChI=1S/C14H19N/c1-12-14(2,9-10-15(12)3)11-13-7-5-4-6-8-13/h4-8H,1,9-11H2,2-3H3. The van der Waals surface area contributed by atoms with E-state index < -0.39 is 0 Å². The lowest BCUT2D eigenvalue weighted by Gasteiger charge is -2.26. The molecule has 1 aliphatic rings. The summed E-state index contributed by atoms with van der Waals surface area (Å²) in [5.74, 6) is 0. The fraction of sp³-hybridized carbons (Fsp3) is 0.429. The van der Waals surface area contributed by atoms with Gasteiger partial charge in [-0.15, -0.1) is 0 Å². The first-order chi connectivity index (χ1) is 7.12. The van der Waals surface area contributed by atoms with Crippen LogP contribution in [0.5, 0.6) is 0 Å². The second kappa shape index (κ2) is 3.73. The van der Waals surface area contributed by atoms with E-state index in [0.717, 1.165) is 13.0 Å². The Morgan fingerprint density at radius 3 is 2.53 bits per heavy atom. The van der Waals surface area contributed by atoms with E-state index in [4.69, 9.17) is 0 Å². The zero-order valence-corrected chi connectivity index (χ0v) is 9.66. The lowest BCUT2D eigenvalue weighted by molar-refractivity contribution is 0.395. The molecule has 1 nitrogen and oxygen atoms in total. The predicted octanol–water partition coefficient (Wildman–Crippen LogP) is 3.08. The van der Waals surface area contributed by atoms with Gasteiger partial charge >= 0.3 is 0 Å². The second-order valence-corrected chi connectivity index (χ2v) is 4.84. The van der Waals surface area contributed by atoms with Gasteiger partial charge in [-0.25, -0.2) is 0 Å². The molecular weight excluding hydrogens is 182 g/mol. The van der Waals surface area contributed by atoms with Gasteiger partial charge in [-0.1, -0.05) is 43.8 Å². The highest BCUT2D eigenvalue weighted by molar-refractivity contribution is 5.22. The summed E-state index contributed by atoms with van der Waals surface area (Å²) in [7, 11) is 2.14. The van der Waals surface area contributed by atoms with Crippen molar-refractivity contribution in [3.05, 3.63) is 48.2 Å². The van der Waals surface area contributed by atoms with Crippen LogP contribution in [0.3, 0.4) is 0 Å². The molecule has 2 rings (SSSR count). The van der Waals surface area contributed by atoms with Crippen molar-refractivity contribution in [2.75, 3.05) is 13.6 Å². The maximum absolute atomic E-state index is 4.21. The van der Waals surface area contributed by atoms with Crippen molar-refractivity contribution in [3.8, 4) is 0 Å². The molecule has 1 saturated heterocycles. The number of nitrogens with zero attached hydrogens (tertiary/aromatic N) is 1. The molecule has 15 heavy (non-hydrogen) atoms. The van der Waals surface area contributed by atoms with Gasteiger partial charge in [-0.2, -0.15) is 0 Å². The van der Waals surface area contributed by atoms with Crippen LogP contribution in [0.1, 0.15) is 18.9 Å². The lowest BCUT2D eigenvalue weighted by Crippen LogP contribution is -2.20. The largest absolute Gasteiger partial charge is 0.378 e. The first kappa shape index (κ1) is 10.3. The Morgan fingerprint density at radius 2 is 2.00 bits per heavy atom. The fourth-order valence-corrected chi connectivity index (χ4v) is 2.39. The smallest absolute Gasteiger partial charge is 0.0180 e. The zero-order chi connectivity index (χ0) is 10.9. The van der Waals surface area contributed by atoms with Gasteiger partial charge in [0.05, 0.1) is 0 Å². The molecule has 0 aromatic heterocycles. The number of likely N-dealkylation sites (tertiary alicyclic amines) is 1. The minimum Gasteiger partial charge on any atom is -0.378 e. The van der Waals surface area contributed by atoms with Crippen LogP contribution < -0.4 is 0 Å². The highest BCUT2D eigenvalue weighted by Crippen LogP contribution is 2.40. The molecule has 0 aliphatic carbocycles. The maximum atomic E-state index is 4.21. The van der Waals surface area contributed by atoms with Crippen LogP contribution in [0.15, 0.2) is 42.6 Å². The highest BCUT2D eigenvalue weighted by Gasteiger charge is 2.35. The molecule has 1 aliphatic heterocycles. The van der Waals surface area contributed by atoms with E-state index in [9.17, 15) is 0 Å². The number of hydrogen-bond donors (Lipinski definition) is 0. The number of allylic oxidation sites excluding steroid dienone is 1. The average Bonchev–Trinajstić information content (AvgIpc) is 2.48. The normalized spacial score (nSPS) is 26.0. The number of hydrogen-bond acceptors (Lipinski definition) is 1. The third-order valence-electron chi connectivity index (χ3n) is 3.59.